The Morgan fingerprint density at radius 1 is 1.25 bits per heavy atom. The third-order valence-electron chi connectivity index (χ3n) is 1.74. The summed E-state index contributed by atoms with van der Waals surface area (Å²) in [6, 6.07) is 0. The summed E-state index contributed by atoms with van der Waals surface area (Å²) in [5, 5.41) is 8.27. The summed E-state index contributed by atoms with van der Waals surface area (Å²) in [6.45, 7) is 6.63. The van der Waals surface area contributed by atoms with Gasteiger partial charge >= 0.3 is 11.9 Å². The first kappa shape index (κ1) is 17.1. The molecule has 94 valence electrons. The third kappa shape index (κ3) is 23.0. The first-order valence-electron chi connectivity index (χ1n) is 5.54. The number of hydrogen-bond donors (Lipinski definition) is 1. The number of carboxylic acid groups (broad SMARTS) is 1. The van der Waals surface area contributed by atoms with E-state index in [0.29, 0.717) is 6.42 Å². The minimum atomic E-state index is -0.670. The molecule has 1 N–H and O–H groups in total. The van der Waals surface area contributed by atoms with Gasteiger partial charge in [0, 0.05) is 13.3 Å². The van der Waals surface area contributed by atoms with Crippen LogP contribution >= 0.6 is 0 Å². The minimum Gasteiger partial charge on any atom is -0.481 e. The molecular weight excluding hydrogens is 208 g/mol. The van der Waals surface area contributed by atoms with Crippen molar-refractivity contribution >= 4 is 11.9 Å². The Balaban J connectivity index is 0. The fraction of sp³-hybridized carbons (Fsp3) is 0.667. The van der Waals surface area contributed by atoms with Crippen LogP contribution < -0.4 is 0 Å². The van der Waals surface area contributed by atoms with Gasteiger partial charge in [0.2, 0.25) is 0 Å². The van der Waals surface area contributed by atoms with Crippen molar-refractivity contribution in [1.82, 2.24) is 0 Å². The first-order chi connectivity index (χ1) is 7.54. The summed E-state index contributed by atoms with van der Waals surface area (Å²) in [4.78, 5) is 19.8. The molecule has 4 nitrogen and oxygen atoms in total. The normalized spacial score (nSPS) is 8.62. The van der Waals surface area contributed by atoms with Crippen LogP contribution in [0.2, 0.25) is 0 Å². The number of rotatable bonds is 7. The zero-order chi connectivity index (χ0) is 12.8. The number of esters is 1. The van der Waals surface area contributed by atoms with E-state index in [9.17, 15) is 9.59 Å². The molecule has 0 aromatic heterocycles. The van der Waals surface area contributed by atoms with Gasteiger partial charge in [-0.15, -0.1) is 0 Å². The molecule has 0 saturated carbocycles. The highest BCUT2D eigenvalue weighted by Crippen LogP contribution is 2.04. The van der Waals surface area contributed by atoms with Crippen LogP contribution in [0.5, 0.6) is 0 Å². The summed E-state index contributed by atoms with van der Waals surface area (Å²) in [6.07, 6.45) is 6.98. The van der Waals surface area contributed by atoms with Crippen molar-refractivity contribution < 1.29 is 19.4 Å². The van der Waals surface area contributed by atoms with E-state index in [1.165, 1.54) is 26.2 Å². The highest BCUT2D eigenvalue weighted by molar-refractivity contribution is 5.66. The lowest BCUT2D eigenvalue weighted by Crippen LogP contribution is -1.93. The predicted molar refractivity (Wildman–Crippen MR) is 63.0 cm³/mol. The number of carboxylic acids is 1. The van der Waals surface area contributed by atoms with Crippen molar-refractivity contribution in [3.63, 3.8) is 0 Å². The number of carbonyl (C=O) groups excluding carboxylic acids is 1. The van der Waals surface area contributed by atoms with E-state index in [4.69, 9.17) is 5.11 Å². The van der Waals surface area contributed by atoms with Crippen molar-refractivity contribution in [3.8, 4) is 0 Å². The molecule has 0 atom stereocenters. The van der Waals surface area contributed by atoms with Crippen LogP contribution in [0.25, 0.3) is 0 Å². The lowest BCUT2D eigenvalue weighted by atomic mass is 10.1. The van der Waals surface area contributed by atoms with Crippen LogP contribution in [-0.4, -0.2) is 17.0 Å². The van der Waals surface area contributed by atoms with Gasteiger partial charge in [-0.1, -0.05) is 39.2 Å². The molecule has 0 heterocycles. The fourth-order valence-corrected chi connectivity index (χ4v) is 0.997. The molecule has 0 aliphatic rings. The van der Waals surface area contributed by atoms with Gasteiger partial charge in [0.1, 0.15) is 0 Å². The minimum absolute atomic E-state index is 0.329. The van der Waals surface area contributed by atoms with Crippen molar-refractivity contribution in [3.05, 3.63) is 12.8 Å². The quantitative estimate of drug-likeness (QED) is 0.414. The lowest BCUT2D eigenvalue weighted by Gasteiger charge is -1.95. The second-order valence-corrected chi connectivity index (χ2v) is 3.33. The molecule has 0 aromatic carbocycles. The van der Waals surface area contributed by atoms with Crippen molar-refractivity contribution in [1.29, 1.82) is 0 Å². The Hall–Kier alpha value is -1.32. The second kappa shape index (κ2) is 13.7. The smallest absolute Gasteiger partial charge is 0.307 e. The molecule has 0 bridgehead atoms. The van der Waals surface area contributed by atoms with Crippen LogP contribution in [0.4, 0.5) is 0 Å². The number of hydrogen-bond acceptors (Lipinski definition) is 3. The SMILES string of the molecule is C=COC(C)=O.CCCCCCCC(=O)O. The molecular formula is C12H22O4. The van der Waals surface area contributed by atoms with Gasteiger partial charge in [-0.05, 0) is 6.42 Å². The molecule has 4 heteroatoms. The summed E-state index contributed by atoms with van der Waals surface area (Å²) in [5.41, 5.74) is 0. The number of ether oxygens (including phenoxy) is 1. The summed E-state index contributed by atoms with van der Waals surface area (Å²) in [5.74, 6) is -0.999. The maximum absolute atomic E-state index is 10.0. The van der Waals surface area contributed by atoms with Crippen molar-refractivity contribution in [2.24, 2.45) is 0 Å². The largest absolute Gasteiger partial charge is 0.481 e. The Morgan fingerprint density at radius 2 is 1.81 bits per heavy atom. The first-order valence-corrected chi connectivity index (χ1v) is 5.54. The monoisotopic (exact) mass is 230 g/mol. The molecule has 0 saturated heterocycles. The van der Waals surface area contributed by atoms with Gasteiger partial charge in [-0.25, -0.2) is 0 Å². The van der Waals surface area contributed by atoms with Crippen LogP contribution in [0.3, 0.4) is 0 Å². The van der Waals surface area contributed by atoms with Gasteiger partial charge < -0.3 is 9.84 Å². The van der Waals surface area contributed by atoms with E-state index < -0.39 is 5.97 Å². The van der Waals surface area contributed by atoms with E-state index >= 15 is 0 Å². The zero-order valence-corrected chi connectivity index (χ0v) is 10.2. The summed E-state index contributed by atoms with van der Waals surface area (Å²) >= 11 is 0. The van der Waals surface area contributed by atoms with E-state index in [1.807, 2.05) is 0 Å². The summed E-state index contributed by atoms with van der Waals surface area (Å²) in [7, 11) is 0. The third-order valence-corrected chi connectivity index (χ3v) is 1.74. The number of carbonyl (C=O) groups is 2. The van der Waals surface area contributed by atoms with Crippen LogP contribution in [0.15, 0.2) is 12.8 Å². The van der Waals surface area contributed by atoms with Crippen LogP contribution in [0, 0.1) is 0 Å². The molecule has 0 rings (SSSR count). The maximum atomic E-state index is 10.0. The summed E-state index contributed by atoms with van der Waals surface area (Å²) < 4.78 is 4.17. The highest BCUT2D eigenvalue weighted by atomic mass is 16.5. The molecule has 0 unspecified atom stereocenters. The number of unbranched alkanes of at least 4 members (excludes halogenated alkanes) is 4. The van der Waals surface area contributed by atoms with Crippen molar-refractivity contribution in [2.75, 3.05) is 0 Å². The topological polar surface area (TPSA) is 63.6 Å². The highest BCUT2D eigenvalue weighted by Gasteiger charge is 1.94. The second-order valence-electron chi connectivity index (χ2n) is 3.33. The van der Waals surface area contributed by atoms with Crippen molar-refractivity contribution in [2.45, 2.75) is 52.4 Å². The van der Waals surface area contributed by atoms with E-state index in [2.05, 4.69) is 18.2 Å². The van der Waals surface area contributed by atoms with Crippen LogP contribution in [-0.2, 0) is 14.3 Å². The molecule has 0 spiro atoms. The fourth-order valence-electron chi connectivity index (χ4n) is 0.997. The van der Waals surface area contributed by atoms with Gasteiger partial charge in [0.15, 0.2) is 0 Å². The van der Waals surface area contributed by atoms with Gasteiger partial charge in [-0.3, -0.25) is 9.59 Å². The Morgan fingerprint density at radius 3 is 2.12 bits per heavy atom. The molecule has 0 radical (unpaired) electrons. The molecule has 0 amide bonds. The predicted octanol–water partition coefficient (Wildman–Crippen LogP) is 3.12. The average molecular weight is 230 g/mol. The Labute approximate surface area is 97.3 Å². The molecule has 0 fully saturated rings. The van der Waals surface area contributed by atoms with Gasteiger partial charge in [0.25, 0.3) is 0 Å². The van der Waals surface area contributed by atoms with E-state index in [1.54, 1.807) is 0 Å². The van der Waals surface area contributed by atoms with Crippen LogP contribution in [0.1, 0.15) is 52.4 Å². The average Bonchev–Trinajstić information content (AvgIpc) is 2.17. The van der Waals surface area contributed by atoms with E-state index in [0.717, 1.165) is 19.1 Å². The standard InChI is InChI=1S/C8H16O2.C4H6O2/c1-2-3-4-5-6-7-8(9)10;1-3-6-4(2)5/h2-7H2,1H3,(H,9,10);3H,1H2,2H3. The molecule has 0 aliphatic heterocycles. The number of aliphatic carboxylic acids is 1. The zero-order valence-electron chi connectivity index (χ0n) is 10.2. The Kier molecular flexibility index (Phi) is 14.6. The van der Waals surface area contributed by atoms with Gasteiger partial charge in [0.05, 0.1) is 6.26 Å². The molecule has 0 aliphatic carbocycles. The van der Waals surface area contributed by atoms with E-state index in [-0.39, 0.29) is 5.97 Å². The maximum Gasteiger partial charge on any atom is 0.307 e. The Bertz CT molecular complexity index is 199. The molecule has 0 aromatic rings. The molecule has 16 heavy (non-hydrogen) atoms. The lowest BCUT2D eigenvalue weighted by molar-refractivity contribution is -0.137. The van der Waals surface area contributed by atoms with Gasteiger partial charge in [-0.2, -0.15) is 0 Å².